The first kappa shape index (κ1) is 16.7. The van der Waals surface area contributed by atoms with Gasteiger partial charge in [0.25, 0.3) is 11.6 Å². The van der Waals surface area contributed by atoms with Crippen LogP contribution in [0, 0.1) is 10.1 Å². The van der Waals surface area contributed by atoms with E-state index in [-0.39, 0.29) is 12.3 Å². The number of carbonyl (C=O) groups is 1. The van der Waals surface area contributed by atoms with Crippen LogP contribution in [0.25, 0.3) is 21.9 Å². The monoisotopic (exact) mass is 363 g/mol. The predicted octanol–water partition coefficient (Wildman–Crippen LogP) is 3.75. The van der Waals surface area contributed by atoms with Gasteiger partial charge in [0.05, 0.1) is 17.1 Å². The Bertz CT molecular complexity index is 1150. The van der Waals surface area contributed by atoms with Crippen LogP contribution in [-0.2, 0) is 11.4 Å². The lowest BCUT2D eigenvalue weighted by Gasteiger charge is -2.07. The lowest BCUT2D eigenvalue weighted by Crippen LogP contribution is -2.23. The normalized spacial score (nSPS) is 11.0. The van der Waals surface area contributed by atoms with Gasteiger partial charge in [-0.2, -0.15) is 0 Å². The number of rotatable bonds is 5. The van der Waals surface area contributed by atoms with Crippen LogP contribution >= 0.6 is 0 Å². The number of hydroxylamine groups is 1. The van der Waals surface area contributed by atoms with Crippen LogP contribution in [0.3, 0.4) is 0 Å². The number of aromatic nitrogens is 1. The maximum absolute atomic E-state index is 12.6. The molecule has 0 atom stereocenters. The number of carbonyl (C=O) groups excluding carboxylic acids is 1. The number of nitro groups is 1. The molecule has 4 rings (SSSR count). The Kier molecular flexibility index (Phi) is 4.23. The summed E-state index contributed by atoms with van der Waals surface area (Å²) in [6.45, 7) is 0.182. The van der Waals surface area contributed by atoms with Gasteiger partial charge in [0, 0.05) is 35.3 Å². The number of pyridine rings is 1. The first-order valence-corrected chi connectivity index (χ1v) is 8.04. The highest BCUT2D eigenvalue weighted by atomic mass is 16.7. The van der Waals surface area contributed by atoms with Crippen LogP contribution in [0.15, 0.2) is 65.3 Å². The molecular formula is C19H13N3O5. The first-order chi connectivity index (χ1) is 13.1. The zero-order chi connectivity index (χ0) is 18.8. The summed E-state index contributed by atoms with van der Waals surface area (Å²) in [5.74, 6) is -0.469. The van der Waals surface area contributed by atoms with E-state index in [1.807, 2.05) is 0 Å². The van der Waals surface area contributed by atoms with Crippen molar-refractivity contribution >= 4 is 33.5 Å². The molecule has 1 N–H and O–H groups in total. The Balaban J connectivity index is 1.66. The number of nitrogens with zero attached hydrogens (tertiary/aromatic N) is 2. The average molecular weight is 363 g/mol. The molecule has 4 aromatic rings. The third-order valence-electron chi connectivity index (χ3n) is 4.09. The molecule has 2 aromatic carbocycles. The van der Waals surface area contributed by atoms with E-state index in [0.29, 0.717) is 27.5 Å². The summed E-state index contributed by atoms with van der Waals surface area (Å²) in [5.41, 5.74) is 4.41. The highest BCUT2D eigenvalue weighted by Crippen LogP contribution is 2.33. The van der Waals surface area contributed by atoms with Crippen LogP contribution in [0.5, 0.6) is 0 Å². The molecule has 27 heavy (non-hydrogen) atoms. The minimum Gasteiger partial charge on any atom is -0.456 e. The molecule has 1 amide bonds. The second kappa shape index (κ2) is 6.85. The smallest absolute Gasteiger partial charge is 0.275 e. The van der Waals surface area contributed by atoms with Gasteiger partial charge in [0.1, 0.15) is 11.2 Å². The van der Waals surface area contributed by atoms with E-state index in [2.05, 4.69) is 10.5 Å². The van der Waals surface area contributed by atoms with Crippen LogP contribution in [0.1, 0.15) is 15.9 Å². The topological polar surface area (TPSA) is 108 Å². The number of non-ortho nitro benzene ring substituents is 1. The van der Waals surface area contributed by atoms with Crippen LogP contribution in [0.4, 0.5) is 5.69 Å². The molecule has 0 aliphatic carbocycles. The minimum atomic E-state index is -0.487. The van der Waals surface area contributed by atoms with Crippen molar-refractivity contribution < 1.29 is 19.0 Å². The van der Waals surface area contributed by atoms with Crippen molar-refractivity contribution in [2.45, 2.75) is 6.61 Å². The molecule has 8 heteroatoms. The van der Waals surface area contributed by atoms with E-state index in [1.54, 1.807) is 42.7 Å². The molecule has 2 heterocycles. The van der Waals surface area contributed by atoms with E-state index in [1.165, 1.54) is 18.2 Å². The van der Waals surface area contributed by atoms with Crippen molar-refractivity contribution in [2.75, 3.05) is 0 Å². The molecule has 0 aliphatic rings. The quantitative estimate of drug-likeness (QED) is 0.427. The molecular weight excluding hydrogens is 350 g/mol. The molecule has 134 valence electrons. The minimum absolute atomic E-state index is 0.0747. The van der Waals surface area contributed by atoms with E-state index >= 15 is 0 Å². The summed E-state index contributed by atoms with van der Waals surface area (Å²) in [4.78, 5) is 32.3. The van der Waals surface area contributed by atoms with Crippen molar-refractivity contribution in [3.8, 4) is 0 Å². The van der Waals surface area contributed by atoms with Crippen molar-refractivity contribution in [2.24, 2.45) is 0 Å². The number of nitro benzene ring substituents is 1. The number of amides is 1. The molecule has 0 aliphatic heterocycles. The summed E-state index contributed by atoms with van der Waals surface area (Å²) >= 11 is 0. The van der Waals surface area contributed by atoms with E-state index in [0.717, 1.165) is 5.56 Å². The maximum atomic E-state index is 12.6. The van der Waals surface area contributed by atoms with Gasteiger partial charge in [0.15, 0.2) is 0 Å². The second-order valence-corrected chi connectivity index (χ2v) is 5.79. The zero-order valence-corrected chi connectivity index (χ0v) is 13.9. The van der Waals surface area contributed by atoms with Gasteiger partial charge in [-0.1, -0.05) is 6.07 Å². The average Bonchev–Trinajstić information content (AvgIpc) is 3.06. The summed E-state index contributed by atoms with van der Waals surface area (Å²) in [6.07, 6.45) is 3.26. The molecule has 0 saturated carbocycles. The molecule has 8 nitrogen and oxygen atoms in total. The molecule has 0 spiro atoms. The number of fused-ring (bicyclic) bond motifs is 3. The lowest BCUT2D eigenvalue weighted by atomic mass is 10.1. The Labute approximate surface area is 152 Å². The van der Waals surface area contributed by atoms with Crippen LogP contribution in [-0.4, -0.2) is 15.8 Å². The van der Waals surface area contributed by atoms with Crippen molar-refractivity contribution in [1.82, 2.24) is 10.5 Å². The van der Waals surface area contributed by atoms with Crippen molar-refractivity contribution in [1.29, 1.82) is 0 Å². The largest absolute Gasteiger partial charge is 0.456 e. The Morgan fingerprint density at radius 2 is 1.96 bits per heavy atom. The van der Waals surface area contributed by atoms with Gasteiger partial charge >= 0.3 is 0 Å². The maximum Gasteiger partial charge on any atom is 0.275 e. The second-order valence-electron chi connectivity index (χ2n) is 5.79. The van der Waals surface area contributed by atoms with Gasteiger partial charge in [-0.05, 0) is 35.9 Å². The van der Waals surface area contributed by atoms with Gasteiger partial charge in [-0.25, -0.2) is 5.48 Å². The molecule has 0 fully saturated rings. The number of furan rings is 1. The van der Waals surface area contributed by atoms with Gasteiger partial charge in [0.2, 0.25) is 0 Å². The fraction of sp³-hybridized carbons (Fsp3) is 0.0526. The lowest BCUT2D eigenvalue weighted by molar-refractivity contribution is -0.384. The Morgan fingerprint density at radius 3 is 2.74 bits per heavy atom. The Morgan fingerprint density at radius 1 is 1.15 bits per heavy atom. The summed E-state index contributed by atoms with van der Waals surface area (Å²) in [6, 6.07) is 12.8. The summed E-state index contributed by atoms with van der Waals surface area (Å²) in [5, 5.41) is 12.1. The standard InChI is InChI=1S/C19H13N3O5/c23-19(21-26-11-12-6-8-20-9-7-12)14-2-1-3-17-18(14)15-10-13(22(24)25)4-5-16(15)27-17/h1-10H,11H2,(H,21,23). The fourth-order valence-electron chi connectivity index (χ4n) is 2.84. The molecule has 0 radical (unpaired) electrons. The van der Waals surface area contributed by atoms with E-state index < -0.39 is 10.8 Å². The molecule has 0 bridgehead atoms. The third kappa shape index (κ3) is 3.21. The Hall–Kier alpha value is -3.78. The molecule has 0 unspecified atom stereocenters. The van der Waals surface area contributed by atoms with E-state index in [4.69, 9.17) is 9.25 Å². The SMILES string of the molecule is O=C(NOCc1ccncc1)c1cccc2oc3ccc([N+](=O)[O-])cc3c12. The molecule has 2 aromatic heterocycles. The highest BCUT2D eigenvalue weighted by Gasteiger charge is 2.18. The fourth-order valence-corrected chi connectivity index (χ4v) is 2.84. The predicted molar refractivity (Wildman–Crippen MR) is 96.9 cm³/mol. The highest BCUT2D eigenvalue weighted by molar-refractivity contribution is 6.16. The van der Waals surface area contributed by atoms with Crippen molar-refractivity contribution in [3.63, 3.8) is 0 Å². The van der Waals surface area contributed by atoms with Gasteiger partial charge in [-0.15, -0.1) is 0 Å². The summed E-state index contributed by atoms with van der Waals surface area (Å²) < 4.78 is 5.70. The molecule has 0 saturated heterocycles. The van der Waals surface area contributed by atoms with E-state index in [9.17, 15) is 14.9 Å². The first-order valence-electron chi connectivity index (χ1n) is 8.04. The zero-order valence-electron chi connectivity index (χ0n) is 13.9. The third-order valence-corrected chi connectivity index (χ3v) is 4.09. The van der Waals surface area contributed by atoms with Gasteiger partial charge in [-0.3, -0.25) is 24.7 Å². The van der Waals surface area contributed by atoms with Crippen molar-refractivity contribution in [3.05, 3.63) is 82.2 Å². The number of hydrogen-bond donors (Lipinski definition) is 1. The number of hydrogen-bond acceptors (Lipinski definition) is 6. The number of benzene rings is 2. The van der Waals surface area contributed by atoms with Gasteiger partial charge < -0.3 is 4.42 Å². The number of nitrogens with one attached hydrogen (secondary N) is 1. The van der Waals surface area contributed by atoms with Crippen LogP contribution in [0.2, 0.25) is 0 Å². The van der Waals surface area contributed by atoms with Crippen LogP contribution < -0.4 is 5.48 Å². The summed E-state index contributed by atoms with van der Waals surface area (Å²) in [7, 11) is 0.